The predicted molar refractivity (Wildman–Crippen MR) is 108 cm³/mol. The summed E-state index contributed by atoms with van der Waals surface area (Å²) in [5.41, 5.74) is 2.78. The van der Waals surface area contributed by atoms with E-state index in [1.54, 1.807) is 24.3 Å². The first kappa shape index (κ1) is 18.2. The molecule has 26 heavy (non-hydrogen) atoms. The minimum atomic E-state index is -0.227. The van der Waals surface area contributed by atoms with Gasteiger partial charge in [-0.1, -0.05) is 89.9 Å². The van der Waals surface area contributed by atoms with Crippen molar-refractivity contribution >= 4 is 35.2 Å². The van der Waals surface area contributed by atoms with E-state index in [2.05, 4.69) is 5.32 Å². The van der Waals surface area contributed by atoms with Gasteiger partial charge in [0, 0.05) is 16.1 Å². The Balaban J connectivity index is 1.80. The molecule has 3 rings (SSSR count). The van der Waals surface area contributed by atoms with Crippen LogP contribution in [0.5, 0.6) is 0 Å². The molecule has 0 saturated heterocycles. The van der Waals surface area contributed by atoms with Gasteiger partial charge in [0.1, 0.15) is 0 Å². The van der Waals surface area contributed by atoms with Crippen molar-refractivity contribution in [3.8, 4) is 0 Å². The Morgan fingerprint density at radius 1 is 0.846 bits per heavy atom. The van der Waals surface area contributed by atoms with Gasteiger partial charge < -0.3 is 5.32 Å². The Hall–Kier alpha value is -2.55. The maximum atomic E-state index is 12.5. The van der Waals surface area contributed by atoms with Crippen LogP contribution in [0.15, 0.2) is 84.9 Å². The molecule has 0 unspecified atom stereocenters. The lowest BCUT2D eigenvalue weighted by Gasteiger charge is -2.19. The van der Waals surface area contributed by atoms with E-state index in [4.69, 9.17) is 23.2 Å². The summed E-state index contributed by atoms with van der Waals surface area (Å²) in [5, 5.41) is 4.12. The second-order valence-electron chi connectivity index (χ2n) is 5.76. The molecule has 1 amide bonds. The predicted octanol–water partition coefficient (Wildman–Crippen LogP) is 5.91. The van der Waals surface area contributed by atoms with Crippen LogP contribution in [0.4, 0.5) is 0 Å². The van der Waals surface area contributed by atoms with Gasteiger partial charge in [-0.2, -0.15) is 0 Å². The average molecular weight is 382 g/mol. The normalized spacial score (nSPS) is 11.0. The van der Waals surface area contributed by atoms with Crippen LogP contribution in [0.1, 0.15) is 22.7 Å². The summed E-state index contributed by atoms with van der Waals surface area (Å²) in [4.78, 5) is 12.5. The number of nitrogens with one attached hydrogen (secondary N) is 1. The van der Waals surface area contributed by atoms with Crippen molar-refractivity contribution in [3.63, 3.8) is 0 Å². The number of carbonyl (C=O) groups is 1. The van der Waals surface area contributed by atoms with E-state index in [1.807, 2.05) is 60.7 Å². The fourth-order valence-corrected chi connectivity index (χ4v) is 3.11. The lowest BCUT2D eigenvalue weighted by molar-refractivity contribution is -0.116. The van der Waals surface area contributed by atoms with E-state index in [0.717, 1.165) is 16.7 Å². The molecule has 0 bridgehead atoms. The van der Waals surface area contributed by atoms with Gasteiger partial charge in [-0.05, 0) is 34.9 Å². The maximum Gasteiger partial charge on any atom is 0.244 e. The van der Waals surface area contributed by atoms with Gasteiger partial charge in [-0.25, -0.2) is 0 Å². The number of amides is 1. The molecule has 0 spiro atoms. The summed E-state index contributed by atoms with van der Waals surface area (Å²) in [6.45, 7) is 0. The lowest BCUT2D eigenvalue weighted by atomic mass is 9.98. The number of hydrogen-bond acceptors (Lipinski definition) is 1. The molecule has 0 saturated carbocycles. The van der Waals surface area contributed by atoms with Crippen LogP contribution in [-0.2, 0) is 4.79 Å². The van der Waals surface area contributed by atoms with Gasteiger partial charge in [0.2, 0.25) is 5.91 Å². The monoisotopic (exact) mass is 381 g/mol. The highest BCUT2D eigenvalue weighted by atomic mass is 35.5. The van der Waals surface area contributed by atoms with Crippen molar-refractivity contribution in [1.29, 1.82) is 0 Å². The first-order valence-electron chi connectivity index (χ1n) is 8.17. The standard InChI is InChI=1S/C22H17Cl2NO/c23-19-13-11-16(20(24)15-19)12-14-21(26)25-22(17-7-3-1-4-8-17)18-9-5-2-6-10-18/h1-15,22H,(H,25,26). The second-order valence-corrected chi connectivity index (χ2v) is 6.61. The molecule has 0 aliphatic heterocycles. The Morgan fingerprint density at radius 3 is 1.96 bits per heavy atom. The van der Waals surface area contributed by atoms with Crippen LogP contribution in [0, 0.1) is 0 Å². The molecule has 1 N–H and O–H groups in total. The SMILES string of the molecule is O=C(C=Cc1ccc(Cl)cc1Cl)NC(c1ccccc1)c1ccccc1. The average Bonchev–Trinajstić information content (AvgIpc) is 2.67. The minimum Gasteiger partial charge on any atom is -0.342 e. The highest BCUT2D eigenvalue weighted by Gasteiger charge is 2.15. The Kier molecular flexibility index (Phi) is 6.11. The van der Waals surface area contributed by atoms with Crippen molar-refractivity contribution in [2.24, 2.45) is 0 Å². The summed E-state index contributed by atoms with van der Waals surface area (Å²) in [6, 6.07) is 24.7. The van der Waals surface area contributed by atoms with Crippen molar-refractivity contribution in [2.75, 3.05) is 0 Å². The molecule has 2 nitrogen and oxygen atoms in total. The van der Waals surface area contributed by atoms with Crippen LogP contribution in [0.25, 0.3) is 6.08 Å². The number of hydrogen-bond donors (Lipinski definition) is 1. The summed E-state index contributed by atoms with van der Waals surface area (Å²) in [6.07, 6.45) is 3.16. The highest BCUT2D eigenvalue weighted by molar-refractivity contribution is 6.35. The van der Waals surface area contributed by atoms with Crippen molar-refractivity contribution in [2.45, 2.75) is 6.04 Å². The Morgan fingerprint density at radius 2 is 1.42 bits per heavy atom. The van der Waals surface area contributed by atoms with E-state index in [-0.39, 0.29) is 11.9 Å². The maximum absolute atomic E-state index is 12.5. The summed E-state index contributed by atoms with van der Waals surface area (Å²) in [7, 11) is 0. The quantitative estimate of drug-likeness (QED) is 0.546. The zero-order valence-electron chi connectivity index (χ0n) is 13.9. The third-order valence-corrected chi connectivity index (χ3v) is 4.49. The Bertz CT molecular complexity index is 868. The second kappa shape index (κ2) is 8.70. The van der Waals surface area contributed by atoms with Crippen LogP contribution in [-0.4, -0.2) is 5.91 Å². The summed E-state index contributed by atoms with van der Waals surface area (Å²) < 4.78 is 0. The zero-order valence-corrected chi connectivity index (χ0v) is 15.4. The third-order valence-electron chi connectivity index (χ3n) is 3.93. The molecule has 3 aromatic rings. The van der Waals surface area contributed by atoms with E-state index >= 15 is 0 Å². The van der Waals surface area contributed by atoms with Gasteiger partial charge in [0.05, 0.1) is 6.04 Å². The molecular formula is C22H17Cl2NO. The third kappa shape index (κ3) is 4.75. The Labute approximate surface area is 163 Å². The van der Waals surface area contributed by atoms with Crippen LogP contribution in [0.2, 0.25) is 10.0 Å². The smallest absolute Gasteiger partial charge is 0.244 e. The zero-order chi connectivity index (χ0) is 18.4. The van der Waals surface area contributed by atoms with E-state index in [0.29, 0.717) is 10.0 Å². The van der Waals surface area contributed by atoms with Crippen LogP contribution < -0.4 is 5.32 Å². The molecule has 0 atom stereocenters. The van der Waals surface area contributed by atoms with Gasteiger partial charge in [-0.15, -0.1) is 0 Å². The number of rotatable bonds is 5. The molecule has 0 aliphatic carbocycles. The van der Waals surface area contributed by atoms with E-state index in [9.17, 15) is 4.79 Å². The van der Waals surface area contributed by atoms with Gasteiger partial charge in [0.25, 0.3) is 0 Å². The molecule has 0 radical (unpaired) electrons. The fraction of sp³-hybridized carbons (Fsp3) is 0.0455. The molecular weight excluding hydrogens is 365 g/mol. The van der Waals surface area contributed by atoms with Gasteiger partial charge in [0.15, 0.2) is 0 Å². The largest absolute Gasteiger partial charge is 0.342 e. The fourth-order valence-electron chi connectivity index (χ4n) is 2.64. The molecule has 0 fully saturated rings. The molecule has 4 heteroatoms. The van der Waals surface area contributed by atoms with E-state index in [1.165, 1.54) is 6.08 Å². The van der Waals surface area contributed by atoms with Crippen molar-refractivity contribution < 1.29 is 4.79 Å². The van der Waals surface area contributed by atoms with Crippen LogP contribution >= 0.6 is 23.2 Å². The number of halogens is 2. The van der Waals surface area contributed by atoms with Gasteiger partial charge >= 0.3 is 0 Å². The highest BCUT2D eigenvalue weighted by Crippen LogP contribution is 2.23. The van der Waals surface area contributed by atoms with E-state index < -0.39 is 0 Å². The first-order valence-corrected chi connectivity index (χ1v) is 8.92. The van der Waals surface area contributed by atoms with Crippen molar-refractivity contribution in [1.82, 2.24) is 5.32 Å². The van der Waals surface area contributed by atoms with Gasteiger partial charge in [-0.3, -0.25) is 4.79 Å². The number of benzene rings is 3. The first-order chi connectivity index (χ1) is 12.6. The summed E-state index contributed by atoms with van der Waals surface area (Å²) >= 11 is 12.0. The topological polar surface area (TPSA) is 29.1 Å². The molecule has 130 valence electrons. The molecule has 3 aromatic carbocycles. The molecule has 0 aromatic heterocycles. The molecule has 0 heterocycles. The molecule has 0 aliphatic rings. The minimum absolute atomic E-state index is 0.200. The summed E-state index contributed by atoms with van der Waals surface area (Å²) in [5.74, 6) is -0.200. The van der Waals surface area contributed by atoms with Crippen molar-refractivity contribution in [3.05, 3.63) is 112 Å². The number of carbonyl (C=O) groups excluding carboxylic acids is 1. The van der Waals surface area contributed by atoms with Crippen LogP contribution in [0.3, 0.4) is 0 Å². The lowest BCUT2D eigenvalue weighted by Crippen LogP contribution is -2.27.